The minimum absolute atomic E-state index is 0.158. The number of terminal acetylenes is 1. The topological polar surface area (TPSA) is 30.5 Å². The lowest BCUT2D eigenvalue weighted by molar-refractivity contribution is -0.155. The van der Waals surface area contributed by atoms with Crippen molar-refractivity contribution in [2.75, 3.05) is 19.8 Å². The van der Waals surface area contributed by atoms with Crippen LogP contribution in [0.15, 0.2) is 0 Å². The summed E-state index contributed by atoms with van der Waals surface area (Å²) in [5, 5.41) is 3.48. The molecule has 0 aliphatic rings. The quantitative estimate of drug-likeness (QED) is 0.342. The average Bonchev–Trinajstić information content (AvgIpc) is 2.33. The summed E-state index contributed by atoms with van der Waals surface area (Å²) in [6.45, 7) is 8.46. The zero-order valence-electron chi connectivity index (χ0n) is 11.5. The fraction of sp³-hybridized carbons (Fsp3) is 0.857. The van der Waals surface area contributed by atoms with Gasteiger partial charge in [0.05, 0.1) is 6.04 Å². The van der Waals surface area contributed by atoms with Crippen molar-refractivity contribution in [2.24, 2.45) is 0 Å². The number of unbranched alkanes of at least 4 members (excludes halogenated alkanes) is 1. The molecule has 0 saturated heterocycles. The molecule has 1 atom stereocenters. The van der Waals surface area contributed by atoms with Crippen LogP contribution in [0.1, 0.15) is 46.5 Å². The van der Waals surface area contributed by atoms with Crippen LogP contribution in [-0.4, -0.2) is 32.1 Å². The molecule has 0 bridgehead atoms. The molecule has 0 amide bonds. The molecule has 0 rings (SSSR count). The maximum Gasteiger partial charge on any atom is 0.172 e. The first-order chi connectivity index (χ1) is 8.29. The maximum atomic E-state index is 5.64. The monoisotopic (exact) mass is 241 g/mol. The highest BCUT2D eigenvalue weighted by Crippen LogP contribution is 2.10. The summed E-state index contributed by atoms with van der Waals surface area (Å²) in [7, 11) is 0. The molecule has 17 heavy (non-hydrogen) atoms. The summed E-state index contributed by atoms with van der Waals surface area (Å²) >= 11 is 0. The summed E-state index contributed by atoms with van der Waals surface area (Å²) in [6.07, 6.45) is 9.04. The first-order valence-electron chi connectivity index (χ1n) is 6.70. The molecular weight excluding hydrogens is 214 g/mol. The number of hydrogen-bond donors (Lipinski definition) is 1. The smallest absolute Gasteiger partial charge is 0.172 e. The van der Waals surface area contributed by atoms with Crippen molar-refractivity contribution < 1.29 is 9.47 Å². The summed E-state index contributed by atoms with van der Waals surface area (Å²) in [5.41, 5.74) is 0. The molecule has 0 aromatic heterocycles. The molecule has 100 valence electrons. The lowest BCUT2D eigenvalue weighted by Crippen LogP contribution is -2.43. The Morgan fingerprint density at radius 3 is 2.29 bits per heavy atom. The van der Waals surface area contributed by atoms with Crippen molar-refractivity contribution >= 4 is 0 Å². The molecule has 3 nitrogen and oxygen atoms in total. The molecule has 0 radical (unpaired) electrons. The van der Waals surface area contributed by atoms with E-state index in [0.717, 1.165) is 32.2 Å². The van der Waals surface area contributed by atoms with Gasteiger partial charge in [0.2, 0.25) is 0 Å². The van der Waals surface area contributed by atoms with Gasteiger partial charge in [-0.05, 0) is 39.7 Å². The Balaban J connectivity index is 4.21. The fourth-order valence-corrected chi connectivity index (χ4v) is 1.70. The van der Waals surface area contributed by atoms with Gasteiger partial charge < -0.3 is 14.8 Å². The molecule has 0 aliphatic carbocycles. The normalized spacial score (nSPS) is 12.6. The van der Waals surface area contributed by atoms with E-state index in [1.165, 1.54) is 0 Å². The van der Waals surface area contributed by atoms with Crippen LogP contribution in [0.4, 0.5) is 0 Å². The van der Waals surface area contributed by atoms with Gasteiger partial charge in [-0.15, -0.1) is 12.3 Å². The highest BCUT2D eigenvalue weighted by molar-refractivity contribution is 4.84. The van der Waals surface area contributed by atoms with Gasteiger partial charge in [-0.1, -0.05) is 6.92 Å². The van der Waals surface area contributed by atoms with Crippen molar-refractivity contribution in [3.8, 4) is 12.3 Å². The van der Waals surface area contributed by atoms with E-state index in [9.17, 15) is 0 Å². The third kappa shape index (κ3) is 8.20. The Morgan fingerprint density at radius 2 is 1.82 bits per heavy atom. The predicted octanol–water partition coefficient (Wildman–Crippen LogP) is 2.56. The van der Waals surface area contributed by atoms with Gasteiger partial charge in [-0.2, -0.15) is 0 Å². The van der Waals surface area contributed by atoms with Gasteiger partial charge >= 0.3 is 0 Å². The summed E-state index contributed by atoms with van der Waals surface area (Å²) in [6, 6.07) is 0.239. The minimum Gasteiger partial charge on any atom is -0.351 e. The third-order valence-corrected chi connectivity index (χ3v) is 2.48. The Labute approximate surface area is 106 Å². The van der Waals surface area contributed by atoms with Crippen molar-refractivity contribution in [1.82, 2.24) is 5.32 Å². The molecular formula is C14H27NO2. The van der Waals surface area contributed by atoms with E-state index in [4.69, 9.17) is 15.9 Å². The molecule has 3 heteroatoms. The summed E-state index contributed by atoms with van der Waals surface area (Å²) in [5.74, 6) is 2.67. The van der Waals surface area contributed by atoms with E-state index in [1.54, 1.807) is 0 Å². The number of hydrogen-bond acceptors (Lipinski definition) is 3. The second-order valence-corrected chi connectivity index (χ2v) is 3.94. The number of rotatable bonds is 11. The SMILES string of the molecule is C#CCCCC(NCCC)C(OCC)OCC. The first-order valence-corrected chi connectivity index (χ1v) is 6.70. The first kappa shape index (κ1) is 16.4. The van der Waals surface area contributed by atoms with Gasteiger partial charge in [0.1, 0.15) is 0 Å². The Morgan fingerprint density at radius 1 is 1.18 bits per heavy atom. The van der Waals surface area contributed by atoms with Crippen molar-refractivity contribution in [3.63, 3.8) is 0 Å². The Bertz CT molecular complexity index is 195. The molecule has 0 fully saturated rings. The lowest BCUT2D eigenvalue weighted by atomic mass is 10.1. The molecule has 1 unspecified atom stereocenters. The van der Waals surface area contributed by atoms with Crippen molar-refractivity contribution in [2.45, 2.75) is 58.8 Å². The molecule has 0 heterocycles. The second-order valence-electron chi connectivity index (χ2n) is 3.94. The van der Waals surface area contributed by atoms with Gasteiger partial charge in [-0.3, -0.25) is 0 Å². The summed E-state index contributed by atoms with van der Waals surface area (Å²) in [4.78, 5) is 0. The Kier molecular flexibility index (Phi) is 11.5. The largest absolute Gasteiger partial charge is 0.351 e. The van der Waals surface area contributed by atoms with Crippen molar-refractivity contribution in [1.29, 1.82) is 0 Å². The van der Waals surface area contributed by atoms with Gasteiger partial charge in [0.25, 0.3) is 0 Å². The van der Waals surface area contributed by atoms with E-state index in [1.807, 2.05) is 13.8 Å². The van der Waals surface area contributed by atoms with Gasteiger partial charge in [0.15, 0.2) is 6.29 Å². The fourth-order valence-electron chi connectivity index (χ4n) is 1.70. The van der Waals surface area contributed by atoms with E-state index in [2.05, 4.69) is 18.2 Å². The van der Waals surface area contributed by atoms with Crippen LogP contribution in [0.3, 0.4) is 0 Å². The number of ether oxygens (including phenoxy) is 2. The van der Waals surface area contributed by atoms with Crippen LogP contribution in [0.2, 0.25) is 0 Å². The highest BCUT2D eigenvalue weighted by Gasteiger charge is 2.20. The third-order valence-electron chi connectivity index (χ3n) is 2.48. The second kappa shape index (κ2) is 11.9. The van der Waals surface area contributed by atoms with Crippen LogP contribution >= 0.6 is 0 Å². The van der Waals surface area contributed by atoms with Crippen LogP contribution in [0, 0.1) is 12.3 Å². The molecule has 1 N–H and O–H groups in total. The van der Waals surface area contributed by atoms with Crippen LogP contribution in [0.5, 0.6) is 0 Å². The average molecular weight is 241 g/mol. The van der Waals surface area contributed by atoms with Gasteiger partial charge in [-0.25, -0.2) is 0 Å². The molecule has 0 aliphatic heterocycles. The van der Waals surface area contributed by atoms with E-state index in [-0.39, 0.29) is 12.3 Å². The van der Waals surface area contributed by atoms with E-state index >= 15 is 0 Å². The maximum absolute atomic E-state index is 5.64. The van der Waals surface area contributed by atoms with Crippen molar-refractivity contribution in [3.05, 3.63) is 0 Å². The standard InChI is InChI=1S/C14H27NO2/c1-5-9-10-11-13(15-12-6-2)14(16-7-3)17-8-4/h1,13-15H,6-12H2,2-4H3. The molecule has 0 saturated carbocycles. The zero-order valence-corrected chi connectivity index (χ0v) is 11.5. The van der Waals surface area contributed by atoms with Crippen LogP contribution in [-0.2, 0) is 9.47 Å². The molecule has 0 aromatic carbocycles. The van der Waals surface area contributed by atoms with E-state index < -0.39 is 0 Å². The van der Waals surface area contributed by atoms with Crippen LogP contribution < -0.4 is 5.32 Å². The zero-order chi connectivity index (χ0) is 12.9. The van der Waals surface area contributed by atoms with Crippen LogP contribution in [0.25, 0.3) is 0 Å². The molecule has 0 aromatic rings. The minimum atomic E-state index is -0.158. The number of nitrogens with one attached hydrogen (secondary N) is 1. The predicted molar refractivity (Wildman–Crippen MR) is 71.8 cm³/mol. The molecule has 0 spiro atoms. The van der Waals surface area contributed by atoms with E-state index in [0.29, 0.717) is 13.2 Å². The highest BCUT2D eigenvalue weighted by atomic mass is 16.7. The lowest BCUT2D eigenvalue weighted by Gasteiger charge is -2.27. The van der Waals surface area contributed by atoms with Gasteiger partial charge in [0, 0.05) is 19.6 Å². The summed E-state index contributed by atoms with van der Waals surface area (Å²) < 4.78 is 11.3. The Hall–Kier alpha value is -0.560.